The SMILES string of the molecule is CC(=O)CCC(=O)CCC(=O)CCC(=O)CCC(=O)CCOC(=O)OCCC(=O)CCC(=O)CCC(=O)CCC(=O)CCC(C)=O. The molecule has 0 saturated heterocycles. The fraction of sp³-hybridized carbons (Fsp3) is 0.667. The van der Waals surface area contributed by atoms with Crippen molar-refractivity contribution in [3.8, 4) is 0 Å². The lowest BCUT2D eigenvalue weighted by Gasteiger charge is -2.06. The van der Waals surface area contributed by atoms with E-state index < -0.39 is 6.16 Å². The summed E-state index contributed by atoms with van der Waals surface area (Å²) in [6.45, 7) is 2.20. The Morgan fingerprint density at radius 3 is 0.652 bits per heavy atom. The van der Waals surface area contributed by atoms with Crippen molar-refractivity contribution in [2.24, 2.45) is 0 Å². The molecule has 0 N–H and O–H groups in total. The molecule has 46 heavy (non-hydrogen) atoms. The average molecular weight is 651 g/mol. The average Bonchev–Trinajstić information content (AvgIpc) is 3.00. The van der Waals surface area contributed by atoms with E-state index in [4.69, 9.17) is 9.47 Å². The number of hydrogen-bond acceptors (Lipinski definition) is 13. The number of carbonyl (C=O) groups is 11. The molecule has 0 fully saturated rings. The number of ketones is 10. The summed E-state index contributed by atoms with van der Waals surface area (Å²) >= 11 is 0. The second-order valence-corrected chi connectivity index (χ2v) is 11.2. The van der Waals surface area contributed by atoms with Crippen LogP contribution < -0.4 is 0 Å². The smallest absolute Gasteiger partial charge is 0.434 e. The number of rotatable bonds is 30. The van der Waals surface area contributed by atoms with E-state index in [0.29, 0.717) is 0 Å². The third-order valence-corrected chi connectivity index (χ3v) is 6.81. The highest BCUT2D eigenvalue weighted by atomic mass is 16.7. The molecule has 0 aromatic carbocycles. The van der Waals surface area contributed by atoms with Crippen LogP contribution in [0, 0.1) is 0 Å². The van der Waals surface area contributed by atoms with Gasteiger partial charge in [-0.15, -0.1) is 0 Å². The van der Waals surface area contributed by atoms with Crippen LogP contribution in [0.4, 0.5) is 4.79 Å². The van der Waals surface area contributed by atoms with Crippen LogP contribution in [0.2, 0.25) is 0 Å². The van der Waals surface area contributed by atoms with E-state index in [1.165, 1.54) is 13.8 Å². The first-order chi connectivity index (χ1) is 21.7. The van der Waals surface area contributed by atoms with Gasteiger partial charge in [-0.2, -0.15) is 0 Å². The molecule has 0 unspecified atom stereocenters. The van der Waals surface area contributed by atoms with Gasteiger partial charge in [-0.3, -0.25) is 38.4 Å². The van der Waals surface area contributed by atoms with E-state index in [1.54, 1.807) is 0 Å². The summed E-state index contributed by atoms with van der Waals surface area (Å²) in [7, 11) is 0. The van der Waals surface area contributed by atoms with Crippen LogP contribution in [-0.2, 0) is 57.4 Å². The molecule has 0 aliphatic carbocycles. The Balaban J connectivity index is 3.89. The van der Waals surface area contributed by atoms with Crippen molar-refractivity contribution in [1.29, 1.82) is 0 Å². The molecule has 0 heterocycles. The third kappa shape index (κ3) is 26.4. The molecule has 0 bridgehead atoms. The molecule has 0 amide bonds. The van der Waals surface area contributed by atoms with Crippen molar-refractivity contribution in [1.82, 2.24) is 0 Å². The number of ether oxygens (including phenoxy) is 2. The standard InChI is InChI=1S/C33H46O13/c1-23(34)3-5-25(36)7-9-27(38)11-13-29(40)15-17-31(42)19-21-45-33(44)46-22-20-32(43)18-16-30(41)14-12-28(39)10-8-26(37)6-4-24(2)35/h3-22H2,1-2H3. The summed E-state index contributed by atoms with van der Waals surface area (Å²) in [6, 6.07) is 0. The van der Waals surface area contributed by atoms with Crippen LogP contribution in [0.3, 0.4) is 0 Å². The molecule has 0 rings (SSSR count). The Morgan fingerprint density at radius 1 is 0.283 bits per heavy atom. The van der Waals surface area contributed by atoms with E-state index in [9.17, 15) is 52.7 Å². The first-order valence-corrected chi connectivity index (χ1v) is 15.6. The normalized spacial score (nSPS) is 10.5. The summed E-state index contributed by atoms with van der Waals surface area (Å²) in [5.74, 6) is -2.27. The molecule has 0 radical (unpaired) electrons. The van der Waals surface area contributed by atoms with Crippen LogP contribution >= 0.6 is 0 Å². The van der Waals surface area contributed by atoms with Gasteiger partial charge in [0.05, 0.1) is 0 Å². The van der Waals surface area contributed by atoms with Crippen molar-refractivity contribution in [2.75, 3.05) is 13.2 Å². The second-order valence-electron chi connectivity index (χ2n) is 11.2. The maximum atomic E-state index is 12.0. The van der Waals surface area contributed by atoms with Gasteiger partial charge in [-0.25, -0.2) is 4.79 Å². The molecule has 0 saturated carbocycles. The molecule has 0 aromatic heterocycles. The maximum Gasteiger partial charge on any atom is 0.508 e. The Labute approximate surface area is 268 Å². The van der Waals surface area contributed by atoms with Gasteiger partial charge in [-0.05, 0) is 13.8 Å². The highest BCUT2D eigenvalue weighted by Gasteiger charge is 2.15. The van der Waals surface area contributed by atoms with Crippen LogP contribution in [0.25, 0.3) is 0 Å². The monoisotopic (exact) mass is 650 g/mol. The van der Waals surface area contributed by atoms with E-state index in [0.717, 1.165) is 0 Å². The molecule has 0 spiro atoms. The van der Waals surface area contributed by atoms with Gasteiger partial charge in [0.1, 0.15) is 71.0 Å². The summed E-state index contributed by atoms with van der Waals surface area (Å²) in [4.78, 5) is 128. The Hall–Kier alpha value is -4.03. The molecule has 0 aliphatic heterocycles. The van der Waals surface area contributed by atoms with Crippen molar-refractivity contribution in [3.05, 3.63) is 0 Å². The zero-order chi connectivity index (χ0) is 34.9. The molecular formula is C33H46O13. The van der Waals surface area contributed by atoms with Crippen LogP contribution in [0.1, 0.15) is 129 Å². The highest BCUT2D eigenvalue weighted by Crippen LogP contribution is 2.09. The van der Waals surface area contributed by atoms with Crippen molar-refractivity contribution >= 4 is 64.0 Å². The molecule has 0 atom stereocenters. The zero-order valence-corrected chi connectivity index (χ0v) is 26.9. The van der Waals surface area contributed by atoms with Gasteiger partial charge in [0.2, 0.25) is 0 Å². The minimum atomic E-state index is -1.08. The topological polar surface area (TPSA) is 206 Å². The van der Waals surface area contributed by atoms with Gasteiger partial charge in [0, 0.05) is 116 Å². The van der Waals surface area contributed by atoms with Crippen molar-refractivity contribution in [2.45, 2.75) is 129 Å². The Bertz CT molecular complexity index is 1050. The van der Waals surface area contributed by atoms with Crippen molar-refractivity contribution < 1.29 is 62.2 Å². The summed E-state index contributed by atoms with van der Waals surface area (Å²) in [5, 5.41) is 0. The van der Waals surface area contributed by atoms with Crippen LogP contribution in [0.5, 0.6) is 0 Å². The minimum Gasteiger partial charge on any atom is -0.434 e. The van der Waals surface area contributed by atoms with E-state index in [-0.39, 0.29) is 187 Å². The van der Waals surface area contributed by atoms with Gasteiger partial charge in [0.25, 0.3) is 0 Å². The van der Waals surface area contributed by atoms with Gasteiger partial charge < -0.3 is 19.1 Å². The fourth-order valence-electron chi connectivity index (χ4n) is 3.84. The van der Waals surface area contributed by atoms with Crippen molar-refractivity contribution in [3.63, 3.8) is 0 Å². The van der Waals surface area contributed by atoms with Gasteiger partial charge >= 0.3 is 6.16 Å². The lowest BCUT2D eigenvalue weighted by atomic mass is 10.0. The molecule has 0 aliphatic rings. The summed E-state index contributed by atoms with van der Waals surface area (Å²) in [5.41, 5.74) is 0. The fourth-order valence-corrected chi connectivity index (χ4v) is 3.84. The number of hydrogen-bond donors (Lipinski definition) is 0. The third-order valence-electron chi connectivity index (χ3n) is 6.81. The van der Waals surface area contributed by atoms with E-state index in [2.05, 4.69) is 0 Å². The highest BCUT2D eigenvalue weighted by molar-refractivity contribution is 5.92. The molecular weight excluding hydrogens is 604 g/mol. The predicted octanol–water partition coefficient (Wildman–Crippen LogP) is 3.89. The quantitative estimate of drug-likeness (QED) is 0.101. The summed E-state index contributed by atoms with van der Waals surface area (Å²) in [6.07, 6.45) is -1.29. The zero-order valence-electron chi connectivity index (χ0n) is 26.9. The summed E-state index contributed by atoms with van der Waals surface area (Å²) < 4.78 is 9.55. The van der Waals surface area contributed by atoms with Gasteiger partial charge in [-0.1, -0.05) is 0 Å². The lowest BCUT2D eigenvalue weighted by molar-refractivity contribution is -0.127. The van der Waals surface area contributed by atoms with E-state index in [1.807, 2.05) is 0 Å². The number of Topliss-reactive ketones (excluding diaryl/α,β-unsaturated/α-hetero) is 10. The largest absolute Gasteiger partial charge is 0.508 e. The predicted molar refractivity (Wildman–Crippen MR) is 162 cm³/mol. The molecule has 13 nitrogen and oxygen atoms in total. The first-order valence-electron chi connectivity index (χ1n) is 15.6. The minimum absolute atomic E-state index is 0.00548. The molecule has 0 aromatic rings. The van der Waals surface area contributed by atoms with E-state index >= 15 is 0 Å². The second kappa shape index (κ2) is 25.2. The first kappa shape index (κ1) is 42.0. The van der Waals surface area contributed by atoms with Crippen LogP contribution in [-0.4, -0.2) is 77.2 Å². The van der Waals surface area contributed by atoms with Gasteiger partial charge in [0.15, 0.2) is 0 Å². The molecule has 256 valence electrons. The Kier molecular flexibility index (Phi) is 23.0. The Morgan fingerprint density at radius 2 is 0.457 bits per heavy atom. The molecule has 13 heteroatoms. The maximum absolute atomic E-state index is 12.0. The number of carbonyl (C=O) groups excluding carboxylic acids is 11. The lowest BCUT2D eigenvalue weighted by Crippen LogP contribution is -2.15. The van der Waals surface area contributed by atoms with Crippen LogP contribution in [0.15, 0.2) is 0 Å².